The molecular formula is C12H15ClO5. The van der Waals surface area contributed by atoms with E-state index in [0.717, 1.165) is 7.11 Å². The molecule has 0 aliphatic carbocycles. The minimum atomic E-state index is -1.65. The molecule has 1 atom stereocenters. The number of ether oxygens (including phenoxy) is 2. The zero-order chi connectivity index (χ0) is 13.9. The highest BCUT2D eigenvalue weighted by atomic mass is 35.5. The first kappa shape index (κ1) is 14.6. The van der Waals surface area contributed by atoms with E-state index < -0.39 is 12.1 Å². The van der Waals surface area contributed by atoms with Crippen LogP contribution in [0.1, 0.15) is 24.2 Å². The van der Waals surface area contributed by atoms with Gasteiger partial charge in [-0.2, -0.15) is 0 Å². The number of aromatic hydroxyl groups is 1. The third-order valence-corrected chi connectivity index (χ3v) is 3.06. The van der Waals surface area contributed by atoms with Crippen LogP contribution in [-0.2, 0) is 16.0 Å². The van der Waals surface area contributed by atoms with Crippen molar-refractivity contribution in [2.75, 3.05) is 14.2 Å². The number of phenolic OH excluding ortho intramolecular Hbond substituents is 1. The van der Waals surface area contributed by atoms with Crippen LogP contribution in [0.15, 0.2) is 6.07 Å². The molecule has 0 aliphatic heterocycles. The van der Waals surface area contributed by atoms with Crippen molar-refractivity contribution in [1.82, 2.24) is 0 Å². The van der Waals surface area contributed by atoms with Gasteiger partial charge in [-0.05, 0) is 18.1 Å². The summed E-state index contributed by atoms with van der Waals surface area (Å²) in [6, 6.07) is 1.56. The van der Waals surface area contributed by atoms with Gasteiger partial charge in [0, 0.05) is 0 Å². The number of benzene rings is 1. The Hall–Kier alpha value is -1.46. The van der Waals surface area contributed by atoms with E-state index in [1.807, 2.05) is 6.92 Å². The smallest absolute Gasteiger partial charge is 0.339 e. The Labute approximate surface area is 110 Å². The third-order valence-electron chi connectivity index (χ3n) is 2.61. The number of halogens is 1. The molecule has 1 aromatic rings. The Morgan fingerprint density at radius 2 is 2.11 bits per heavy atom. The summed E-state index contributed by atoms with van der Waals surface area (Å²) >= 11 is 6.06. The van der Waals surface area contributed by atoms with E-state index in [0.29, 0.717) is 12.0 Å². The molecule has 1 unspecified atom stereocenters. The first-order valence-electron chi connectivity index (χ1n) is 5.32. The Morgan fingerprint density at radius 1 is 1.50 bits per heavy atom. The fourth-order valence-corrected chi connectivity index (χ4v) is 1.97. The van der Waals surface area contributed by atoms with E-state index in [4.69, 9.17) is 16.3 Å². The van der Waals surface area contributed by atoms with Crippen LogP contribution in [0, 0.1) is 0 Å². The van der Waals surface area contributed by atoms with E-state index >= 15 is 0 Å². The molecule has 0 spiro atoms. The topological polar surface area (TPSA) is 76.0 Å². The number of hydrogen-bond acceptors (Lipinski definition) is 5. The summed E-state index contributed by atoms with van der Waals surface area (Å²) in [5.74, 6) is -1.12. The van der Waals surface area contributed by atoms with Crippen LogP contribution in [0.4, 0.5) is 0 Å². The molecule has 0 amide bonds. The number of hydrogen-bond donors (Lipinski definition) is 2. The molecule has 0 fully saturated rings. The van der Waals surface area contributed by atoms with Crippen molar-refractivity contribution >= 4 is 17.6 Å². The first-order chi connectivity index (χ1) is 8.47. The summed E-state index contributed by atoms with van der Waals surface area (Å²) in [5, 5.41) is 19.9. The van der Waals surface area contributed by atoms with E-state index in [2.05, 4.69) is 4.74 Å². The van der Waals surface area contributed by atoms with E-state index in [-0.39, 0.29) is 22.1 Å². The number of carbonyl (C=O) groups is 1. The van der Waals surface area contributed by atoms with Gasteiger partial charge in [0.15, 0.2) is 17.6 Å². The zero-order valence-electron chi connectivity index (χ0n) is 10.4. The van der Waals surface area contributed by atoms with Crippen LogP contribution in [-0.4, -0.2) is 30.4 Å². The van der Waals surface area contributed by atoms with Gasteiger partial charge in [0.1, 0.15) is 0 Å². The lowest BCUT2D eigenvalue weighted by Gasteiger charge is -2.17. The highest BCUT2D eigenvalue weighted by Crippen LogP contribution is 2.41. The summed E-state index contributed by atoms with van der Waals surface area (Å²) in [6.45, 7) is 1.85. The number of aliphatic hydroxyl groups is 1. The standard InChI is InChI=1S/C12H15ClO5/c1-4-6-5-7(17-2)10(14)8(9(6)13)11(15)12(16)18-3/h5,11,14-15H,4H2,1-3H3. The molecule has 0 radical (unpaired) electrons. The summed E-state index contributed by atoms with van der Waals surface area (Å²) in [5.41, 5.74) is 0.559. The second-order valence-electron chi connectivity index (χ2n) is 3.59. The van der Waals surface area contributed by atoms with Crippen molar-refractivity contribution < 1.29 is 24.5 Å². The molecule has 1 rings (SSSR count). The van der Waals surface area contributed by atoms with Crippen molar-refractivity contribution in [2.45, 2.75) is 19.4 Å². The van der Waals surface area contributed by atoms with E-state index in [1.165, 1.54) is 7.11 Å². The van der Waals surface area contributed by atoms with Crippen LogP contribution in [0.5, 0.6) is 11.5 Å². The first-order valence-corrected chi connectivity index (χ1v) is 5.69. The van der Waals surface area contributed by atoms with Crippen molar-refractivity contribution in [2.24, 2.45) is 0 Å². The molecule has 0 saturated carbocycles. The summed E-state index contributed by atoms with van der Waals surface area (Å²) < 4.78 is 9.40. The second-order valence-corrected chi connectivity index (χ2v) is 3.97. The lowest BCUT2D eigenvalue weighted by molar-refractivity contribution is -0.150. The minimum absolute atomic E-state index is 0.0975. The van der Waals surface area contributed by atoms with Gasteiger partial charge < -0.3 is 19.7 Å². The maximum atomic E-state index is 11.3. The summed E-state index contributed by atoms with van der Waals surface area (Å²) in [6.07, 6.45) is -1.08. The zero-order valence-corrected chi connectivity index (χ0v) is 11.1. The van der Waals surface area contributed by atoms with Crippen LogP contribution < -0.4 is 4.74 Å². The maximum Gasteiger partial charge on any atom is 0.339 e. The van der Waals surface area contributed by atoms with Gasteiger partial charge in [-0.3, -0.25) is 0 Å². The summed E-state index contributed by atoms with van der Waals surface area (Å²) in [4.78, 5) is 11.3. The lowest BCUT2D eigenvalue weighted by Crippen LogP contribution is -2.15. The number of rotatable bonds is 4. The SMILES string of the molecule is CCc1cc(OC)c(O)c(C(O)C(=O)OC)c1Cl. The quantitative estimate of drug-likeness (QED) is 0.819. The van der Waals surface area contributed by atoms with Gasteiger partial charge in [0.2, 0.25) is 0 Å². The molecule has 0 bridgehead atoms. The van der Waals surface area contributed by atoms with Crippen LogP contribution >= 0.6 is 11.6 Å². The molecule has 6 heteroatoms. The number of esters is 1. The lowest BCUT2D eigenvalue weighted by atomic mass is 10.0. The van der Waals surface area contributed by atoms with Gasteiger partial charge in [-0.1, -0.05) is 18.5 Å². The van der Waals surface area contributed by atoms with Crippen LogP contribution in [0.25, 0.3) is 0 Å². The number of aryl methyl sites for hydroxylation is 1. The average Bonchev–Trinajstić information content (AvgIpc) is 2.38. The molecule has 0 aromatic heterocycles. The molecule has 0 saturated heterocycles. The van der Waals surface area contributed by atoms with Gasteiger partial charge >= 0.3 is 5.97 Å². The number of phenols is 1. The molecule has 2 N–H and O–H groups in total. The highest BCUT2D eigenvalue weighted by molar-refractivity contribution is 6.32. The fraction of sp³-hybridized carbons (Fsp3) is 0.417. The van der Waals surface area contributed by atoms with Gasteiger partial charge in [0.05, 0.1) is 24.8 Å². The monoisotopic (exact) mass is 274 g/mol. The van der Waals surface area contributed by atoms with Crippen LogP contribution in [0.3, 0.4) is 0 Å². The highest BCUT2D eigenvalue weighted by Gasteiger charge is 2.28. The van der Waals surface area contributed by atoms with Crippen LogP contribution in [0.2, 0.25) is 5.02 Å². The predicted octanol–water partition coefficient (Wildman–Crippen LogP) is 1.82. The Bertz CT molecular complexity index is 430. The van der Waals surface area contributed by atoms with Crippen molar-refractivity contribution in [3.63, 3.8) is 0 Å². The Balaban J connectivity index is 3.45. The van der Waals surface area contributed by atoms with Gasteiger partial charge in [0.25, 0.3) is 0 Å². The molecule has 100 valence electrons. The van der Waals surface area contributed by atoms with E-state index in [9.17, 15) is 15.0 Å². The third kappa shape index (κ3) is 2.52. The van der Waals surface area contributed by atoms with Gasteiger partial charge in [-0.15, -0.1) is 0 Å². The normalized spacial score (nSPS) is 12.1. The van der Waals surface area contributed by atoms with Crippen molar-refractivity contribution in [1.29, 1.82) is 0 Å². The number of aliphatic hydroxyl groups excluding tert-OH is 1. The molecule has 0 aliphatic rings. The fourth-order valence-electron chi connectivity index (χ4n) is 1.59. The maximum absolute atomic E-state index is 11.3. The molecular weight excluding hydrogens is 260 g/mol. The molecule has 5 nitrogen and oxygen atoms in total. The Kier molecular flexibility index (Phi) is 4.81. The largest absolute Gasteiger partial charge is 0.504 e. The summed E-state index contributed by atoms with van der Waals surface area (Å²) in [7, 11) is 2.51. The predicted molar refractivity (Wildman–Crippen MR) is 66.0 cm³/mol. The number of methoxy groups -OCH3 is 2. The van der Waals surface area contributed by atoms with Crippen molar-refractivity contribution in [3.05, 3.63) is 22.2 Å². The Morgan fingerprint density at radius 3 is 2.56 bits per heavy atom. The molecule has 1 aromatic carbocycles. The second kappa shape index (κ2) is 5.93. The minimum Gasteiger partial charge on any atom is -0.504 e. The van der Waals surface area contributed by atoms with E-state index in [1.54, 1.807) is 6.07 Å². The molecule has 18 heavy (non-hydrogen) atoms. The molecule has 0 heterocycles. The van der Waals surface area contributed by atoms with Crippen molar-refractivity contribution in [3.8, 4) is 11.5 Å². The van der Waals surface area contributed by atoms with Gasteiger partial charge in [-0.25, -0.2) is 4.79 Å². The number of carbonyl (C=O) groups excluding carboxylic acids is 1. The average molecular weight is 275 g/mol.